The van der Waals surface area contributed by atoms with Crippen molar-refractivity contribution in [2.75, 3.05) is 0 Å². The van der Waals surface area contributed by atoms with Crippen LogP contribution in [0.15, 0.2) is 40.9 Å². The van der Waals surface area contributed by atoms with Gasteiger partial charge < -0.3 is 0 Å². The van der Waals surface area contributed by atoms with Gasteiger partial charge in [-0.05, 0) is 58.7 Å². The van der Waals surface area contributed by atoms with Gasteiger partial charge in [-0.2, -0.15) is 0 Å². The van der Waals surface area contributed by atoms with E-state index in [1.807, 2.05) is 29.7 Å². The van der Waals surface area contributed by atoms with Crippen molar-refractivity contribution in [2.45, 2.75) is 12.8 Å². The third kappa shape index (κ3) is 2.23. The molecule has 0 aliphatic heterocycles. The summed E-state index contributed by atoms with van der Waals surface area (Å²) in [7, 11) is 0. The van der Waals surface area contributed by atoms with Crippen molar-refractivity contribution in [1.82, 2.24) is 9.55 Å². The summed E-state index contributed by atoms with van der Waals surface area (Å²) in [6, 6.07) is 10.6. The maximum absolute atomic E-state index is 13.3. The van der Waals surface area contributed by atoms with Gasteiger partial charge in [-0.3, -0.25) is 4.57 Å². The molecule has 2 nitrogen and oxygen atoms in total. The summed E-state index contributed by atoms with van der Waals surface area (Å²) in [4.78, 5) is 4.55. The van der Waals surface area contributed by atoms with Crippen molar-refractivity contribution in [3.05, 3.63) is 58.1 Å². The third-order valence-corrected chi connectivity index (χ3v) is 4.02. The summed E-state index contributed by atoms with van der Waals surface area (Å²) in [5, 5.41) is 0. The van der Waals surface area contributed by atoms with Gasteiger partial charge in [0, 0.05) is 4.47 Å². The smallest absolute Gasteiger partial charge is 0.129 e. The molecule has 2 aromatic carbocycles. The molecule has 0 saturated heterocycles. The Balaban J connectivity index is 2.34. The van der Waals surface area contributed by atoms with Crippen LogP contribution in [0.3, 0.4) is 0 Å². The minimum absolute atomic E-state index is 0.284. The summed E-state index contributed by atoms with van der Waals surface area (Å²) < 4.78 is 15.9. The topological polar surface area (TPSA) is 17.8 Å². The lowest BCUT2D eigenvalue weighted by atomic mass is 10.2. The molecule has 1 aromatic heterocycles. The Morgan fingerprint density at radius 1 is 1.25 bits per heavy atom. The number of aromatic nitrogens is 2. The van der Waals surface area contributed by atoms with Crippen LogP contribution in [0.2, 0.25) is 0 Å². The second-order valence-electron chi connectivity index (χ2n) is 4.58. The molecule has 0 bridgehead atoms. The van der Waals surface area contributed by atoms with Gasteiger partial charge in [-0.1, -0.05) is 6.07 Å². The Morgan fingerprint density at radius 2 is 2.05 bits per heavy atom. The number of benzene rings is 2. The highest BCUT2D eigenvalue weighted by molar-refractivity contribution is 9.10. The number of rotatable bonds is 2. The quantitative estimate of drug-likeness (QED) is 0.594. The standard InChI is InChI=1S/C15H11BrClFN2/c1-9-2-4-14-12(6-9)19-15(8-17)20(14)13-5-3-10(18)7-11(13)16/h2-7H,8H2,1H3. The van der Waals surface area contributed by atoms with Gasteiger partial charge in [0.25, 0.3) is 0 Å². The van der Waals surface area contributed by atoms with Crippen molar-refractivity contribution in [3.8, 4) is 5.69 Å². The Labute approximate surface area is 129 Å². The first-order valence-corrected chi connectivity index (χ1v) is 7.42. The zero-order valence-electron chi connectivity index (χ0n) is 10.7. The minimum Gasteiger partial charge on any atom is -0.294 e. The molecule has 0 N–H and O–H groups in total. The van der Waals surface area contributed by atoms with E-state index in [1.54, 1.807) is 6.07 Å². The van der Waals surface area contributed by atoms with E-state index in [9.17, 15) is 4.39 Å². The average Bonchev–Trinajstić information content (AvgIpc) is 2.76. The van der Waals surface area contributed by atoms with Gasteiger partial charge in [0.05, 0.1) is 22.6 Å². The lowest BCUT2D eigenvalue weighted by molar-refractivity contribution is 0.626. The second-order valence-corrected chi connectivity index (χ2v) is 5.71. The molecular formula is C15H11BrClFN2. The van der Waals surface area contributed by atoms with E-state index in [1.165, 1.54) is 12.1 Å². The van der Waals surface area contributed by atoms with Crippen LogP contribution >= 0.6 is 27.5 Å². The number of nitrogens with zero attached hydrogens (tertiary/aromatic N) is 2. The van der Waals surface area contributed by atoms with E-state index in [0.29, 0.717) is 4.47 Å². The maximum Gasteiger partial charge on any atom is 0.129 e. The van der Waals surface area contributed by atoms with Crippen LogP contribution in [0.5, 0.6) is 0 Å². The van der Waals surface area contributed by atoms with Crippen LogP contribution in [0.1, 0.15) is 11.4 Å². The SMILES string of the molecule is Cc1ccc2c(c1)nc(CCl)n2-c1ccc(F)cc1Br. The minimum atomic E-state index is -0.284. The number of hydrogen-bond acceptors (Lipinski definition) is 1. The zero-order chi connectivity index (χ0) is 14.3. The molecule has 0 saturated carbocycles. The predicted molar refractivity (Wildman–Crippen MR) is 83.0 cm³/mol. The average molecular weight is 354 g/mol. The molecule has 0 radical (unpaired) electrons. The molecule has 0 amide bonds. The Morgan fingerprint density at radius 3 is 2.75 bits per heavy atom. The van der Waals surface area contributed by atoms with Crippen LogP contribution < -0.4 is 0 Å². The molecule has 0 aliphatic carbocycles. The first-order valence-electron chi connectivity index (χ1n) is 6.09. The molecule has 0 atom stereocenters. The van der Waals surface area contributed by atoms with Crippen LogP contribution in [0.25, 0.3) is 16.7 Å². The van der Waals surface area contributed by atoms with Crippen LogP contribution in [-0.2, 0) is 5.88 Å². The fraction of sp³-hybridized carbons (Fsp3) is 0.133. The number of halogens is 3. The zero-order valence-corrected chi connectivity index (χ0v) is 13.0. The lowest BCUT2D eigenvalue weighted by Gasteiger charge is -2.10. The molecule has 3 rings (SSSR count). The predicted octanol–water partition coefficient (Wildman–Crippen LogP) is 4.97. The van der Waals surface area contributed by atoms with E-state index in [-0.39, 0.29) is 11.7 Å². The monoisotopic (exact) mass is 352 g/mol. The molecular weight excluding hydrogens is 343 g/mol. The van der Waals surface area contributed by atoms with Crippen molar-refractivity contribution in [1.29, 1.82) is 0 Å². The fourth-order valence-corrected chi connectivity index (χ4v) is 2.97. The summed E-state index contributed by atoms with van der Waals surface area (Å²) in [5.74, 6) is 0.741. The molecule has 102 valence electrons. The summed E-state index contributed by atoms with van der Waals surface area (Å²) >= 11 is 9.40. The first kappa shape index (κ1) is 13.6. The highest BCUT2D eigenvalue weighted by Crippen LogP contribution is 2.28. The maximum atomic E-state index is 13.3. The summed E-state index contributed by atoms with van der Waals surface area (Å²) in [6.45, 7) is 2.02. The van der Waals surface area contributed by atoms with Gasteiger partial charge in [0.2, 0.25) is 0 Å². The third-order valence-electron chi connectivity index (χ3n) is 3.15. The van der Waals surface area contributed by atoms with Crippen molar-refractivity contribution in [3.63, 3.8) is 0 Å². The number of aryl methyl sites for hydroxylation is 1. The van der Waals surface area contributed by atoms with Crippen molar-refractivity contribution < 1.29 is 4.39 Å². The van der Waals surface area contributed by atoms with E-state index < -0.39 is 0 Å². The Bertz CT molecular complexity index is 798. The first-order chi connectivity index (χ1) is 9.60. The van der Waals surface area contributed by atoms with Gasteiger partial charge in [-0.15, -0.1) is 11.6 Å². The molecule has 0 unspecified atom stereocenters. The van der Waals surface area contributed by atoms with Gasteiger partial charge >= 0.3 is 0 Å². The van der Waals surface area contributed by atoms with Crippen molar-refractivity contribution >= 4 is 38.6 Å². The summed E-state index contributed by atoms with van der Waals surface area (Å²) in [5.41, 5.74) is 3.81. The Hall–Kier alpha value is -1.39. The molecule has 0 fully saturated rings. The van der Waals surface area contributed by atoms with Crippen molar-refractivity contribution in [2.24, 2.45) is 0 Å². The number of fused-ring (bicyclic) bond motifs is 1. The molecule has 20 heavy (non-hydrogen) atoms. The van der Waals surface area contributed by atoms with E-state index in [4.69, 9.17) is 11.6 Å². The second kappa shape index (κ2) is 5.19. The molecule has 0 aliphatic rings. The fourth-order valence-electron chi connectivity index (χ4n) is 2.26. The van der Waals surface area contributed by atoms with Gasteiger partial charge in [0.1, 0.15) is 11.6 Å². The Kier molecular flexibility index (Phi) is 3.52. The number of imidazole rings is 1. The van der Waals surface area contributed by atoms with Gasteiger partial charge in [0.15, 0.2) is 0 Å². The lowest BCUT2D eigenvalue weighted by Crippen LogP contribution is -2.00. The molecule has 1 heterocycles. The largest absolute Gasteiger partial charge is 0.294 e. The summed E-state index contributed by atoms with van der Waals surface area (Å²) in [6.07, 6.45) is 0. The molecule has 3 aromatic rings. The van der Waals surface area contributed by atoms with Crippen LogP contribution in [0, 0.1) is 12.7 Å². The number of hydrogen-bond donors (Lipinski definition) is 0. The van der Waals surface area contributed by atoms with Crippen LogP contribution in [-0.4, -0.2) is 9.55 Å². The van der Waals surface area contributed by atoms with E-state index >= 15 is 0 Å². The highest BCUT2D eigenvalue weighted by atomic mass is 79.9. The molecule has 0 spiro atoms. The van der Waals surface area contributed by atoms with E-state index in [0.717, 1.165) is 28.1 Å². The number of alkyl halides is 1. The normalized spacial score (nSPS) is 11.2. The molecule has 5 heteroatoms. The van der Waals surface area contributed by atoms with E-state index in [2.05, 4.69) is 20.9 Å². The van der Waals surface area contributed by atoms with Gasteiger partial charge in [-0.25, -0.2) is 9.37 Å². The van der Waals surface area contributed by atoms with Crippen LogP contribution in [0.4, 0.5) is 4.39 Å². The highest BCUT2D eigenvalue weighted by Gasteiger charge is 2.14.